The largest absolute Gasteiger partial charge is 0.305 e. The van der Waals surface area contributed by atoms with E-state index < -0.39 is 10.1 Å². The van der Waals surface area contributed by atoms with Gasteiger partial charge >= 0.3 is 0 Å². The van der Waals surface area contributed by atoms with Crippen molar-refractivity contribution in [2.75, 3.05) is 33.4 Å². The Labute approximate surface area is 69.7 Å². The van der Waals surface area contributed by atoms with Crippen LogP contribution in [0.2, 0.25) is 0 Å². The van der Waals surface area contributed by atoms with E-state index in [0.29, 0.717) is 5.25 Å². The highest BCUT2D eigenvalue weighted by Gasteiger charge is 2.27. The third-order valence-corrected chi connectivity index (χ3v) is 5.21. The number of nitrogens with one attached hydrogen (secondary N) is 1. The Morgan fingerprint density at radius 2 is 2.27 bits per heavy atom. The zero-order chi connectivity index (χ0) is 8.48. The predicted octanol–water partition coefficient (Wildman–Crippen LogP) is -0.529. The van der Waals surface area contributed by atoms with Crippen molar-refractivity contribution in [3.05, 3.63) is 0 Å². The first-order chi connectivity index (χ1) is 5.06. The molecule has 11 heavy (non-hydrogen) atoms. The lowest BCUT2D eigenvalue weighted by molar-refractivity contribution is 0.418. The van der Waals surface area contributed by atoms with Gasteiger partial charge in [-0.05, 0) is 27.1 Å². The van der Waals surface area contributed by atoms with Crippen LogP contribution in [0.15, 0.2) is 0 Å². The molecule has 0 aromatic carbocycles. The molecule has 1 rings (SSSR count). The van der Waals surface area contributed by atoms with E-state index in [9.17, 15) is 4.21 Å². The summed E-state index contributed by atoms with van der Waals surface area (Å²) in [5.41, 5.74) is 0. The fourth-order valence-corrected chi connectivity index (χ4v) is 3.06. The monoisotopic (exact) mass is 178 g/mol. The molecule has 4 heteroatoms. The third kappa shape index (κ3) is 2.01. The van der Waals surface area contributed by atoms with Gasteiger partial charge in [-0.2, -0.15) is 0 Å². The molecule has 3 nitrogen and oxygen atoms in total. The van der Waals surface area contributed by atoms with Crippen LogP contribution in [0.25, 0.3) is 0 Å². The normalized spacial score (nSPS) is 29.2. The van der Waals surface area contributed by atoms with Gasteiger partial charge in [-0.1, -0.05) is 10.1 Å². The molecule has 0 saturated carbocycles. The van der Waals surface area contributed by atoms with E-state index in [-0.39, 0.29) is 0 Å². The highest BCUT2D eigenvalue weighted by atomic mass is 32.3. The zero-order valence-corrected chi connectivity index (χ0v) is 8.40. The van der Waals surface area contributed by atoms with Gasteiger partial charge in [0.2, 0.25) is 0 Å². The molecule has 0 aliphatic carbocycles. The van der Waals surface area contributed by atoms with Crippen LogP contribution in [-0.4, -0.2) is 47.8 Å². The van der Waals surface area contributed by atoms with Crippen molar-refractivity contribution in [3.8, 4) is 0 Å². The van der Waals surface area contributed by atoms with Crippen LogP contribution in [-0.2, 0) is 10.1 Å². The molecule has 1 heterocycles. The Kier molecular flexibility index (Phi) is 2.67. The number of nitrogens with zero attached hydrogens (tertiary/aromatic N) is 1. The van der Waals surface area contributed by atoms with Crippen molar-refractivity contribution in [3.63, 3.8) is 0 Å². The first-order valence-corrected chi connectivity index (χ1v) is 6.23. The summed E-state index contributed by atoms with van der Waals surface area (Å²) < 4.78 is 14.7. The van der Waals surface area contributed by atoms with E-state index in [1.54, 1.807) is 7.05 Å². The average molecular weight is 178 g/mol. The lowest BCUT2D eigenvalue weighted by Crippen LogP contribution is -2.39. The van der Waals surface area contributed by atoms with Gasteiger partial charge < -0.3 is 4.90 Å². The van der Waals surface area contributed by atoms with Gasteiger partial charge in [0.15, 0.2) is 0 Å². The molecule has 68 valence electrons. The highest BCUT2D eigenvalue weighted by Crippen LogP contribution is 2.17. The van der Waals surface area contributed by atoms with Crippen LogP contribution in [0.4, 0.5) is 0 Å². The third-order valence-electron chi connectivity index (χ3n) is 2.51. The van der Waals surface area contributed by atoms with Gasteiger partial charge in [-0.15, -0.1) is 0 Å². The second-order valence-corrected chi connectivity index (χ2v) is 6.58. The van der Waals surface area contributed by atoms with Gasteiger partial charge in [-0.3, -0.25) is 8.93 Å². The van der Waals surface area contributed by atoms with Crippen LogP contribution in [0.3, 0.4) is 0 Å². The number of hydrogen-bond acceptors (Lipinski definition) is 2. The summed E-state index contributed by atoms with van der Waals surface area (Å²) in [6.45, 7) is 2.07. The van der Waals surface area contributed by atoms with E-state index >= 15 is 0 Å². The highest BCUT2D eigenvalue weighted by molar-refractivity contribution is 8.01. The number of likely N-dealkylation sites (tertiary alicyclic amines) is 1. The van der Waals surface area contributed by atoms with Crippen LogP contribution < -0.4 is 4.72 Å². The van der Waals surface area contributed by atoms with E-state index in [0.717, 1.165) is 19.5 Å². The predicted molar refractivity (Wildman–Crippen MR) is 50.4 cm³/mol. The Balaban J connectivity index is 2.56. The topological polar surface area (TPSA) is 32.3 Å². The summed E-state index contributed by atoms with van der Waals surface area (Å²) in [7, 11) is 1.82. The maximum atomic E-state index is 11.8. The minimum absolute atomic E-state index is 0.373. The molecule has 1 saturated heterocycles. The molecule has 1 unspecified atom stereocenters. The van der Waals surface area contributed by atoms with Crippen LogP contribution in [0.5, 0.6) is 0 Å². The standard InChI is InChI=1S/C7H18N2OS/c1-8-11(3,10)7-4-5-9(2)6-7/h7,11H,4-6H2,1-3H3,(H,8,10). The molecule has 1 N–H and O–H groups in total. The van der Waals surface area contributed by atoms with Gasteiger partial charge in [0.1, 0.15) is 0 Å². The summed E-state index contributed by atoms with van der Waals surface area (Å²) in [6.07, 6.45) is 2.92. The minimum Gasteiger partial charge on any atom is -0.305 e. The number of hydrogen-bond donors (Lipinski definition) is 2. The Morgan fingerprint density at radius 3 is 2.64 bits per heavy atom. The quantitative estimate of drug-likeness (QED) is 0.557. The number of rotatable bonds is 2. The molecule has 0 radical (unpaired) electrons. The van der Waals surface area contributed by atoms with E-state index in [4.69, 9.17) is 0 Å². The average Bonchev–Trinajstić information content (AvgIpc) is 2.36. The van der Waals surface area contributed by atoms with Crippen molar-refractivity contribution in [1.29, 1.82) is 0 Å². The fraction of sp³-hybridized carbons (Fsp3) is 1.00. The van der Waals surface area contributed by atoms with Crippen molar-refractivity contribution in [1.82, 2.24) is 9.62 Å². The molecule has 1 aliphatic heterocycles. The minimum atomic E-state index is -2.05. The molecule has 0 spiro atoms. The lowest BCUT2D eigenvalue weighted by atomic mass is 10.4. The van der Waals surface area contributed by atoms with E-state index in [2.05, 4.69) is 16.7 Å². The van der Waals surface area contributed by atoms with Gasteiger partial charge in [0.25, 0.3) is 0 Å². The van der Waals surface area contributed by atoms with Gasteiger partial charge in [-0.25, -0.2) is 0 Å². The van der Waals surface area contributed by atoms with Crippen molar-refractivity contribution >= 4 is 10.1 Å². The summed E-state index contributed by atoms with van der Waals surface area (Å²) in [5, 5.41) is 0.373. The second-order valence-electron chi connectivity index (χ2n) is 3.42. The molecule has 1 atom stereocenters. The van der Waals surface area contributed by atoms with Crippen LogP contribution in [0.1, 0.15) is 6.42 Å². The molecule has 0 aromatic heterocycles. The van der Waals surface area contributed by atoms with Crippen LogP contribution in [0, 0.1) is 0 Å². The molecule has 1 aliphatic rings. The second kappa shape index (κ2) is 3.21. The maximum Gasteiger partial charge on any atom is 0.0378 e. The molecule has 0 amide bonds. The zero-order valence-electron chi connectivity index (χ0n) is 7.50. The molecular weight excluding hydrogens is 160 g/mol. The van der Waals surface area contributed by atoms with Crippen molar-refractivity contribution < 1.29 is 4.21 Å². The van der Waals surface area contributed by atoms with E-state index in [1.807, 2.05) is 6.26 Å². The lowest BCUT2D eigenvalue weighted by Gasteiger charge is -2.24. The summed E-state index contributed by atoms with van der Waals surface area (Å²) >= 11 is 0. The van der Waals surface area contributed by atoms with Crippen molar-refractivity contribution in [2.45, 2.75) is 11.7 Å². The Morgan fingerprint density at radius 1 is 1.64 bits per heavy atom. The summed E-state index contributed by atoms with van der Waals surface area (Å²) in [6, 6.07) is 0. The fourth-order valence-electron chi connectivity index (χ4n) is 1.50. The molecule has 0 aromatic rings. The maximum absolute atomic E-state index is 11.8. The first-order valence-electron chi connectivity index (χ1n) is 4.01. The summed E-state index contributed by atoms with van der Waals surface area (Å²) in [4.78, 5) is 2.23. The van der Waals surface area contributed by atoms with Crippen molar-refractivity contribution in [2.24, 2.45) is 0 Å². The molecular formula is C7H18N2OS. The molecule has 0 bridgehead atoms. The Bertz CT molecular complexity index is 183. The number of thiol groups is 1. The van der Waals surface area contributed by atoms with Gasteiger partial charge in [0.05, 0.1) is 0 Å². The molecule has 1 fully saturated rings. The van der Waals surface area contributed by atoms with Crippen LogP contribution >= 0.6 is 0 Å². The van der Waals surface area contributed by atoms with Gasteiger partial charge in [0, 0.05) is 18.1 Å². The first kappa shape index (κ1) is 9.16. The van der Waals surface area contributed by atoms with E-state index in [1.165, 1.54) is 0 Å². The summed E-state index contributed by atoms with van der Waals surface area (Å²) in [5.74, 6) is 0. The Hall–Kier alpha value is 0.0700. The smallest absolute Gasteiger partial charge is 0.0378 e. The SMILES string of the molecule is CN[SH](C)(=O)C1CCN(C)C1.